The molecule has 1 fully saturated rings. The number of rotatable bonds is 13. The number of primary amides is 1. The number of methoxy groups -OCH3 is 1. The Kier molecular flexibility index (Phi) is 10.8. The fourth-order valence-electron chi connectivity index (χ4n) is 5.80. The van der Waals surface area contributed by atoms with Gasteiger partial charge in [-0.2, -0.15) is 11.8 Å². The maximum absolute atomic E-state index is 11.7. The van der Waals surface area contributed by atoms with Crippen molar-refractivity contribution in [3.63, 3.8) is 0 Å². The highest BCUT2D eigenvalue weighted by atomic mass is 32.2. The van der Waals surface area contributed by atoms with Gasteiger partial charge >= 0.3 is 0 Å². The average Bonchev–Trinajstić information content (AvgIpc) is 3.05. The summed E-state index contributed by atoms with van der Waals surface area (Å²) in [6.45, 7) is 3.32. The van der Waals surface area contributed by atoms with Crippen molar-refractivity contribution in [2.24, 2.45) is 10.7 Å². The van der Waals surface area contributed by atoms with Crippen LogP contribution in [0.4, 0.5) is 0 Å². The summed E-state index contributed by atoms with van der Waals surface area (Å²) in [4.78, 5) is 30.7. The first kappa shape index (κ1) is 31.8. The smallest absolute Gasteiger partial charge is 0.240 e. The molecule has 0 spiro atoms. The van der Waals surface area contributed by atoms with Crippen molar-refractivity contribution in [1.29, 1.82) is 0 Å². The number of aliphatic imine (C=N–C) groups is 1. The largest absolute Gasteiger partial charge is 0.497 e. The zero-order chi connectivity index (χ0) is 30.9. The number of benzene rings is 3. The molecule has 0 bridgehead atoms. The van der Waals surface area contributed by atoms with Gasteiger partial charge in [0.1, 0.15) is 11.8 Å². The first-order valence-corrected chi connectivity index (χ1v) is 17.2. The van der Waals surface area contributed by atoms with Gasteiger partial charge in [0.2, 0.25) is 11.8 Å². The highest BCUT2D eigenvalue weighted by molar-refractivity contribution is 8.00. The Hall–Kier alpha value is -3.63. The molecule has 3 atom stereocenters. The number of hydrogen-bond acceptors (Lipinski definition) is 8. The molecular formula is C34H41N5O3S2. The molecule has 0 aliphatic carbocycles. The van der Waals surface area contributed by atoms with Gasteiger partial charge in [0.25, 0.3) is 0 Å². The van der Waals surface area contributed by atoms with E-state index in [2.05, 4.69) is 88.3 Å². The van der Waals surface area contributed by atoms with Crippen LogP contribution in [0.2, 0.25) is 0 Å². The summed E-state index contributed by atoms with van der Waals surface area (Å²) in [5.41, 5.74) is 9.13. The lowest BCUT2D eigenvalue weighted by molar-refractivity contribution is -0.125. The number of nitrogens with two attached hydrogens (primary N) is 1. The second-order valence-electron chi connectivity index (χ2n) is 11.2. The van der Waals surface area contributed by atoms with Crippen LogP contribution in [0.3, 0.4) is 0 Å². The number of guanidine groups is 1. The lowest BCUT2D eigenvalue weighted by Crippen LogP contribution is -2.56. The van der Waals surface area contributed by atoms with Crippen LogP contribution in [0.15, 0.2) is 89.9 Å². The van der Waals surface area contributed by atoms with Gasteiger partial charge in [0.15, 0.2) is 5.96 Å². The van der Waals surface area contributed by atoms with Crippen LogP contribution < -0.4 is 21.1 Å². The maximum atomic E-state index is 11.7. The Balaban J connectivity index is 1.33. The molecule has 232 valence electrons. The first-order chi connectivity index (χ1) is 21.4. The zero-order valence-electron chi connectivity index (χ0n) is 25.3. The molecule has 2 amide bonds. The van der Waals surface area contributed by atoms with Crippen molar-refractivity contribution >= 4 is 41.3 Å². The van der Waals surface area contributed by atoms with Crippen LogP contribution in [-0.4, -0.2) is 78.3 Å². The standard InChI is InChI=1S/C34H41N5O3S2/c1-24(40)36-31(32(35)41)23-43-21-28-17-19-39-20-18-29(38-33(39)37-28)22-44-34(25-9-5-3-6-10-25,26-11-7-4-8-12-26)27-13-15-30(42-2)16-14-27/h3-16,28-29,31H,17-23H2,1-2H3,(H2,35,41)(H,36,40)(H,37,38)/t28-,29-,31+/m1/s1. The molecule has 0 radical (unpaired) electrons. The molecule has 0 aromatic heterocycles. The third kappa shape index (κ3) is 7.53. The number of ether oxygens (including phenoxy) is 1. The normalized spacial score (nSPS) is 18.8. The monoisotopic (exact) mass is 631 g/mol. The maximum Gasteiger partial charge on any atom is 0.240 e. The molecule has 2 aliphatic rings. The number of amides is 2. The second kappa shape index (κ2) is 14.9. The summed E-state index contributed by atoms with van der Waals surface area (Å²) in [5.74, 6) is 3.14. The zero-order valence-corrected chi connectivity index (χ0v) is 26.9. The molecule has 10 heteroatoms. The predicted molar refractivity (Wildman–Crippen MR) is 181 cm³/mol. The molecular weight excluding hydrogens is 591 g/mol. The van der Waals surface area contributed by atoms with Crippen LogP contribution in [0, 0.1) is 0 Å². The van der Waals surface area contributed by atoms with E-state index in [9.17, 15) is 9.59 Å². The number of nitrogens with zero attached hydrogens (tertiary/aromatic N) is 2. The van der Waals surface area contributed by atoms with Crippen LogP contribution in [0.1, 0.15) is 36.5 Å². The minimum atomic E-state index is -0.661. The average molecular weight is 632 g/mol. The van der Waals surface area contributed by atoms with Gasteiger partial charge in [-0.1, -0.05) is 72.8 Å². The molecule has 5 rings (SSSR count). The van der Waals surface area contributed by atoms with Crippen LogP contribution in [0.5, 0.6) is 5.75 Å². The lowest BCUT2D eigenvalue weighted by Gasteiger charge is -2.41. The summed E-state index contributed by atoms with van der Waals surface area (Å²) in [7, 11) is 1.70. The van der Waals surface area contributed by atoms with E-state index in [0.29, 0.717) is 5.75 Å². The Labute approximate surface area is 268 Å². The SMILES string of the molecule is COc1ccc(C(SC[C@H]2CCN3CC[C@H](CSC[C@H](NC(C)=O)C(N)=O)NC3=N2)(c2ccccc2)c2ccccc2)cc1. The number of thioether (sulfide) groups is 2. The molecule has 2 aliphatic heterocycles. The highest BCUT2D eigenvalue weighted by Gasteiger charge is 2.38. The number of hydrogen-bond donors (Lipinski definition) is 3. The Bertz CT molecular complexity index is 1380. The quantitative estimate of drug-likeness (QED) is 0.242. The van der Waals surface area contributed by atoms with Crippen molar-refractivity contribution in [2.75, 3.05) is 37.5 Å². The first-order valence-electron chi connectivity index (χ1n) is 15.0. The molecule has 8 nitrogen and oxygen atoms in total. The third-order valence-corrected chi connectivity index (χ3v) is 11.0. The van der Waals surface area contributed by atoms with E-state index in [1.807, 2.05) is 23.9 Å². The summed E-state index contributed by atoms with van der Waals surface area (Å²) >= 11 is 3.56. The van der Waals surface area contributed by atoms with Gasteiger partial charge in [0.05, 0.1) is 17.9 Å². The molecule has 2 heterocycles. The Morgan fingerprint density at radius 2 is 1.59 bits per heavy atom. The van der Waals surface area contributed by atoms with E-state index in [-0.39, 0.29) is 18.0 Å². The van der Waals surface area contributed by atoms with E-state index in [4.69, 9.17) is 15.5 Å². The predicted octanol–water partition coefficient (Wildman–Crippen LogP) is 4.24. The fourth-order valence-corrected chi connectivity index (χ4v) is 8.54. The summed E-state index contributed by atoms with van der Waals surface area (Å²) < 4.78 is 5.07. The summed E-state index contributed by atoms with van der Waals surface area (Å²) in [5, 5.41) is 6.30. The minimum Gasteiger partial charge on any atom is -0.497 e. The van der Waals surface area contributed by atoms with E-state index < -0.39 is 16.7 Å². The molecule has 4 N–H and O–H groups in total. The number of carbonyl (C=O) groups excluding carboxylic acids is 2. The summed E-state index contributed by atoms with van der Waals surface area (Å²) in [6.07, 6.45) is 1.99. The van der Waals surface area contributed by atoms with Gasteiger partial charge in [-0.15, -0.1) is 11.8 Å². The van der Waals surface area contributed by atoms with E-state index >= 15 is 0 Å². The lowest BCUT2D eigenvalue weighted by atomic mass is 9.84. The van der Waals surface area contributed by atoms with Gasteiger partial charge in [-0.05, 0) is 41.7 Å². The van der Waals surface area contributed by atoms with Gasteiger partial charge in [0, 0.05) is 43.3 Å². The van der Waals surface area contributed by atoms with E-state index in [0.717, 1.165) is 49.1 Å². The second-order valence-corrected chi connectivity index (χ2v) is 13.5. The van der Waals surface area contributed by atoms with Crippen LogP contribution >= 0.6 is 23.5 Å². The van der Waals surface area contributed by atoms with Crippen LogP contribution in [-0.2, 0) is 14.3 Å². The van der Waals surface area contributed by atoms with E-state index in [1.165, 1.54) is 23.6 Å². The van der Waals surface area contributed by atoms with Gasteiger partial charge in [-0.3, -0.25) is 9.59 Å². The fraction of sp³-hybridized carbons (Fsp3) is 0.382. The molecule has 44 heavy (non-hydrogen) atoms. The van der Waals surface area contributed by atoms with Crippen molar-refractivity contribution in [3.8, 4) is 5.75 Å². The highest BCUT2D eigenvalue weighted by Crippen LogP contribution is 2.49. The molecule has 0 saturated carbocycles. The van der Waals surface area contributed by atoms with E-state index in [1.54, 1.807) is 18.9 Å². The third-order valence-electron chi connectivity index (χ3n) is 8.09. The Morgan fingerprint density at radius 3 is 2.18 bits per heavy atom. The van der Waals surface area contributed by atoms with Gasteiger partial charge in [-0.25, -0.2) is 4.99 Å². The summed E-state index contributed by atoms with van der Waals surface area (Å²) in [6, 6.07) is 29.6. The van der Waals surface area contributed by atoms with Crippen molar-refractivity contribution in [1.82, 2.24) is 15.5 Å². The Morgan fingerprint density at radius 1 is 0.977 bits per heavy atom. The number of fused-ring (bicyclic) bond motifs is 1. The molecule has 3 aromatic carbocycles. The van der Waals surface area contributed by atoms with Crippen molar-refractivity contribution < 1.29 is 14.3 Å². The minimum absolute atomic E-state index is 0.161. The van der Waals surface area contributed by atoms with Crippen LogP contribution in [0.25, 0.3) is 0 Å². The van der Waals surface area contributed by atoms with Crippen molar-refractivity contribution in [2.45, 2.75) is 42.6 Å². The molecule has 3 aromatic rings. The molecule has 1 saturated heterocycles. The van der Waals surface area contributed by atoms with Crippen molar-refractivity contribution in [3.05, 3.63) is 102 Å². The topological polar surface area (TPSA) is 109 Å². The number of nitrogens with one attached hydrogen (secondary N) is 2. The number of carbonyl (C=O) groups is 2. The van der Waals surface area contributed by atoms with Gasteiger partial charge < -0.3 is 26.0 Å². The molecule has 0 unspecified atom stereocenters.